The van der Waals surface area contributed by atoms with Crippen LogP contribution < -0.4 is 5.73 Å². The van der Waals surface area contributed by atoms with Gasteiger partial charge in [-0.05, 0) is 18.9 Å². The Hall–Kier alpha value is -3.07. The third kappa shape index (κ3) is 3.60. The second-order valence-corrected chi connectivity index (χ2v) is 8.50. The first-order chi connectivity index (χ1) is 14.6. The number of nitrogens with two attached hydrogens (primary N) is 1. The third-order valence-corrected chi connectivity index (χ3v) is 6.25. The molecule has 4 heterocycles. The number of nitrogens with zero attached hydrogens (tertiary/aromatic N) is 5. The molecule has 3 atom stereocenters. The first-order valence-corrected chi connectivity index (χ1v) is 10.9. The highest BCUT2D eigenvalue weighted by Crippen LogP contribution is 2.53. The van der Waals surface area contributed by atoms with Crippen molar-refractivity contribution >= 4 is 30.4 Å². The SMILES string of the molecule is Nc1ncnc2c1ncn2[C@H]1CC[C@@H](COP2(=O)N=C(c3ccccc3)C=CO2)O1. The summed E-state index contributed by atoms with van der Waals surface area (Å²) in [5, 5.41) is 0. The Kier molecular flexibility index (Phi) is 4.82. The molecule has 154 valence electrons. The molecule has 0 saturated carbocycles. The van der Waals surface area contributed by atoms with Gasteiger partial charge in [0.15, 0.2) is 11.5 Å². The van der Waals surface area contributed by atoms with Crippen molar-refractivity contribution < 1.29 is 18.3 Å². The molecule has 2 aliphatic rings. The Labute approximate surface area is 172 Å². The van der Waals surface area contributed by atoms with E-state index in [1.807, 2.05) is 34.9 Å². The second kappa shape index (κ2) is 7.64. The summed E-state index contributed by atoms with van der Waals surface area (Å²) in [5.41, 5.74) is 8.38. The number of hydrogen-bond acceptors (Lipinski definition) is 8. The fraction of sp³-hybridized carbons (Fsp3) is 0.263. The van der Waals surface area contributed by atoms with E-state index in [4.69, 9.17) is 19.5 Å². The summed E-state index contributed by atoms with van der Waals surface area (Å²) in [5.74, 6) is 0.323. The van der Waals surface area contributed by atoms with Crippen LogP contribution in [-0.4, -0.2) is 37.9 Å². The van der Waals surface area contributed by atoms with Crippen molar-refractivity contribution in [1.82, 2.24) is 19.5 Å². The Morgan fingerprint density at radius 1 is 1.20 bits per heavy atom. The van der Waals surface area contributed by atoms with E-state index in [9.17, 15) is 4.57 Å². The molecule has 3 aromatic rings. The van der Waals surface area contributed by atoms with Gasteiger partial charge >= 0.3 is 7.75 Å². The van der Waals surface area contributed by atoms with Crippen molar-refractivity contribution in [3.63, 3.8) is 0 Å². The molecule has 1 unspecified atom stereocenters. The predicted octanol–water partition coefficient (Wildman–Crippen LogP) is 3.24. The molecule has 30 heavy (non-hydrogen) atoms. The molecular formula is C19H19N6O4P. The molecule has 1 saturated heterocycles. The normalized spacial score (nSPS) is 25.9. The average Bonchev–Trinajstić information content (AvgIpc) is 3.41. The highest BCUT2D eigenvalue weighted by molar-refractivity contribution is 7.52. The summed E-state index contributed by atoms with van der Waals surface area (Å²) >= 11 is 0. The number of anilines is 1. The molecule has 2 aliphatic heterocycles. The molecule has 11 heteroatoms. The Bertz CT molecular complexity index is 1180. The van der Waals surface area contributed by atoms with Gasteiger partial charge in [-0.2, -0.15) is 4.76 Å². The molecule has 1 fully saturated rings. The molecule has 0 radical (unpaired) electrons. The smallest absolute Gasteiger partial charge is 0.416 e. The highest BCUT2D eigenvalue weighted by atomic mass is 31.2. The minimum absolute atomic E-state index is 0.0942. The van der Waals surface area contributed by atoms with E-state index in [2.05, 4.69) is 19.7 Å². The van der Waals surface area contributed by atoms with Gasteiger partial charge in [0.05, 0.1) is 31.0 Å². The van der Waals surface area contributed by atoms with Gasteiger partial charge in [-0.25, -0.2) is 19.5 Å². The largest absolute Gasteiger partial charge is 0.507 e. The lowest BCUT2D eigenvalue weighted by Crippen LogP contribution is -2.16. The van der Waals surface area contributed by atoms with Crippen molar-refractivity contribution in [3.05, 3.63) is 60.9 Å². The third-order valence-electron chi connectivity index (χ3n) is 4.93. The lowest BCUT2D eigenvalue weighted by Gasteiger charge is -2.19. The Morgan fingerprint density at radius 3 is 2.93 bits per heavy atom. The molecule has 0 aliphatic carbocycles. The maximum Gasteiger partial charge on any atom is 0.507 e. The first kappa shape index (κ1) is 18.9. The zero-order chi connectivity index (χ0) is 20.6. The Morgan fingerprint density at radius 2 is 2.07 bits per heavy atom. The van der Waals surface area contributed by atoms with Crippen molar-refractivity contribution in [2.45, 2.75) is 25.2 Å². The summed E-state index contributed by atoms with van der Waals surface area (Å²) in [7, 11) is -3.65. The molecule has 2 N–H and O–H groups in total. The van der Waals surface area contributed by atoms with E-state index in [-0.39, 0.29) is 18.9 Å². The van der Waals surface area contributed by atoms with Gasteiger partial charge in [0.2, 0.25) is 0 Å². The van der Waals surface area contributed by atoms with Gasteiger partial charge in [0, 0.05) is 5.56 Å². The van der Waals surface area contributed by atoms with Gasteiger partial charge in [0.25, 0.3) is 0 Å². The quantitative estimate of drug-likeness (QED) is 0.616. The zero-order valence-electron chi connectivity index (χ0n) is 15.9. The van der Waals surface area contributed by atoms with Gasteiger partial charge in [-0.3, -0.25) is 9.09 Å². The van der Waals surface area contributed by atoms with Crippen LogP contribution >= 0.6 is 7.75 Å². The summed E-state index contributed by atoms with van der Waals surface area (Å²) in [4.78, 5) is 12.5. The lowest BCUT2D eigenvalue weighted by molar-refractivity contribution is -0.0176. The minimum Gasteiger partial charge on any atom is -0.416 e. The van der Waals surface area contributed by atoms with E-state index in [1.54, 1.807) is 12.4 Å². The number of ether oxygens (including phenoxy) is 1. The lowest BCUT2D eigenvalue weighted by atomic mass is 10.1. The summed E-state index contributed by atoms with van der Waals surface area (Å²) in [6, 6.07) is 9.45. The molecule has 5 rings (SSSR count). The fourth-order valence-corrected chi connectivity index (χ4v) is 4.64. The molecule has 1 aromatic carbocycles. The summed E-state index contributed by atoms with van der Waals surface area (Å²) < 4.78 is 35.8. The topological polar surface area (TPSA) is 127 Å². The number of aromatic nitrogens is 4. The summed E-state index contributed by atoms with van der Waals surface area (Å²) in [6.45, 7) is 0.0942. The standard InChI is InChI=1S/C19H19N6O4P/c20-18-17-19(22-11-21-18)25(12-23-17)16-7-6-14(29-16)10-28-30(26)24-15(8-9-27-30)13-4-2-1-3-5-13/h1-5,8-9,11-12,14,16H,6-7,10H2,(H2,20,21,22)/t14-,16+,30?/m0/s1. The van der Waals surface area contributed by atoms with Crippen LogP contribution in [0.3, 0.4) is 0 Å². The van der Waals surface area contributed by atoms with Gasteiger partial charge in [0.1, 0.15) is 18.1 Å². The zero-order valence-corrected chi connectivity index (χ0v) is 16.8. The first-order valence-electron chi connectivity index (χ1n) is 9.45. The van der Waals surface area contributed by atoms with Crippen LogP contribution in [0.5, 0.6) is 0 Å². The number of nitrogen functional groups attached to an aromatic ring is 1. The summed E-state index contributed by atoms with van der Waals surface area (Å²) in [6.07, 6.45) is 6.97. The van der Waals surface area contributed by atoms with Crippen molar-refractivity contribution in [2.24, 2.45) is 4.76 Å². The molecule has 10 nitrogen and oxygen atoms in total. The van der Waals surface area contributed by atoms with E-state index < -0.39 is 7.75 Å². The van der Waals surface area contributed by atoms with Crippen LogP contribution in [0, 0.1) is 0 Å². The highest BCUT2D eigenvalue weighted by Gasteiger charge is 2.33. The van der Waals surface area contributed by atoms with Crippen LogP contribution in [0.1, 0.15) is 24.6 Å². The van der Waals surface area contributed by atoms with Crippen molar-refractivity contribution in [3.8, 4) is 0 Å². The van der Waals surface area contributed by atoms with Gasteiger partial charge < -0.3 is 15.0 Å². The van der Waals surface area contributed by atoms with Crippen molar-refractivity contribution in [2.75, 3.05) is 12.3 Å². The number of fused-ring (bicyclic) bond motifs is 1. The molecular weight excluding hydrogens is 407 g/mol. The second-order valence-electron chi connectivity index (χ2n) is 6.90. The van der Waals surface area contributed by atoms with E-state index in [0.29, 0.717) is 22.7 Å². The average molecular weight is 426 g/mol. The molecule has 2 aromatic heterocycles. The van der Waals surface area contributed by atoms with Gasteiger partial charge in [-0.15, -0.1) is 0 Å². The number of imidazole rings is 1. The maximum atomic E-state index is 12.9. The molecule has 0 amide bonds. The molecule has 0 bridgehead atoms. The predicted molar refractivity (Wildman–Crippen MR) is 110 cm³/mol. The van der Waals surface area contributed by atoms with Crippen molar-refractivity contribution in [1.29, 1.82) is 0 Å². The van der Waals surface area contributed by atoms with Crippen LogP contribution in [-0.2, 0) is 18.3 Å². The Balaban J connectivity index is 1.25. The number of hydrogen-bond donors (Lipinski definition) is 1. The van der Waals surface area contributed by atoms with E-state index in [1.165, 1.54) is 12.6 Å². The minimum atomic E-state index is -3.65. The van der Waals surface area contributed by atoms with Crippen LogP contribution in [0.25, 0.3) is 11.2 Å². The van der Waals surface area contributed by atoms with E-state index >= 15 is 0 Å². The fourth-order valence-electron chi connectivity index (χ4n) is 3.45. The number of allylic oxidation sites excluding steroid dienone is 1. The van der Waals surface area contributed by atoms with Gasteiger partial charge in [-0.1, -0.05) is 30.3 Å². The number of rotatable bonds is 5. The van der Waals surface area contributed by atoms with Crippen LogP contribution in [0.2, 0.25) is 0 Å². The van der Waals surface area contributed by atoms with Crippen LogP contribution in [0.4, 0.5) is 5.82 Å². The monoisotopic (exact) mass is 426 g/mol. The van der Waals surface area contributed by atoms with Crippen LogP contribution in [0.15, 0.2) is 60.1 Å². The maximum absolute atomic E-state index is 12.9. The molecule has 0 spiro atoms. The number of benzene rings is 1. The van der Waals surface area contributed by atoms with E-state index in [0.717, 1.165) is 18.4 Å².